The molecule has 4 rings (SSSR count). The van der Waals surface area contributed by atoms with E-state index >= 15 is 0 Å². The molecule has 28 heavy (non-hydrogen) atoms. The number of para-hydroxylation sites is 1. The molecule has 0 aliphatic carbocycles. The van der Waals surface area contributed by atoms with Gasteiger partial charge in [0.2, 0.25) is 5.91 Å². The van der Waals surface area contributed by atoms with E-state index < -0.39 is 11.9 Å². The third kappa shape index (κ3) is 3.25. The lowest BCUT2D eigenvalue weighted by molar-refractivity contribution is -0.128. The van der Waals surface area contributed by atoms with Crippen molar-refractivity contribution in [3.63, 3.8) is 0 Å². The maximum Gasteiger partial charge on any atom is 0.255 e. The summed E-state index contributed by atoms with van der Waals surface area (Å²) in [5.74, 6) is -1.22. The second-order valence-corrected chi connectivity index (χ2v) is 6.87. The molecule has 1 aliphatic heterocycles. The van der Waals surface area contributed by atoms with Gasteiger partial charge in [0.15, 0.2) is 0 Å². The largest absolute Gasteiger partial charge is 0.298 e. The van der Waals surface area contributed by atoms with E-state index in [-0.39, 0.29) is 24.0 Å². The SMILES string of the molecule is O=C1[C@H](c2ccccc2)N(c2ccc(Cl)cc2)C(=O)CN1c1ccccc1F. The van der Waals surface area contributed by atoms with Gasteiger partial charge in [-0.3, -0.25) is 19.4 Å². The number of rotatable bonds is 3. The number of halogens is 2. The first kappa shape index (κ1) is 18.2. The molecule has 1 aliphatic rings. The van der Waals surface area contributed by atoms with E-state index in [0.717, 1.165) is 0 Å². The molecule has 4 nitrogen and oxygen atoms in total. The first-order chi connectivity index (χ1) is 13.6. The molecule has 0 aromatic heterocycles. The Balaban J connectivity index is 1.82. The number of hydrogen-bond donors (Lipinski definition) is 0. The highest BCUT2D eigenvalue weighted by atomic mass is 35.5. The molecule has 1 heterocycles. The number of piperazine rings is 1. The van der Waals surface area contributed by atoms with E-state index in [1.54, 1.807) is 60.7 Å². The summed E-state index contributed by atoms with van der Waals surface area (Å²) in [5, 5.41) is 0.531. The Morgan fingerprint density at radius 2 is 1.50 bits per heavy atom. The van der Waals surface area contributed by atoms with Gasteiger partial charge in [0.05, 0.1) is 5.69 Å². The number of carbonyl (C=O) groups is 2. The van der Waals surface area contributed by atoms with Gasteiger partial charge in [-0.25, -0.2) is 4.39 Å². The Hall–Kier alpha value is -3.18. The van der Waals surface area contributed by atoms with Crippen LogP contribution in [0.1, 0.15) is 11.6 Å². The molecule has 1 atom stereocenters. The Morgan fingerprint density at radius 3 is 2.18 bits per heavy atom. The number of amides is 2. The average Bonchev–Trinajstić information content (AvgIpc) is 2.71. The molecule has 3 aromatic rings. The van der Waals surface area contributed by atoms with Gasteiger partial charge >= 0.3 is 0 Å². The molecule has 0 unspecified atom stereocenters. The molecule has 140 valence electrons. The fourth-order valence-electron chi connectivity index (χ4n) is 3.39. The van der Waals surface area contributed by atoms with Crippen LogP contribution >= 0.6 is 11.6 Å². The Kier molecular flexibility index (Phi) is 4.84. The van der Waals surface area contributed by atoms with Crippen LogP contribution in [0.15, 0.2) is 78.9 Å². The molecule has 3 aromatic carbocycles. The third-order valence-corrected chi connectivity index (χ3v) is 4.94. The molecular formula is C22H16ClFN2O2. The topological polar surface area (TPSA) is 40.6 Å². The molecule has 0 N–H and O–H groups in total. The smallest absolute Gasteiger partial charge is 0.255 e. The van der Waals surface area contributed by atoms with Crippen molar-refractivity contribution in [2.24, 2.45) is 0 Å². The predicted molar refractivity (Wildman–Crippen MR) is 107 cm³/mol. The highest BCUT2D eigenvalue weighted by molar-refractivity contribution is 6.30. The zero-order valence-electron chi connectivity index (χ0n) is 14.8. The monoisotopic (exact) mass is 394 g/mol. The van der Waals surface area contributed by atoms with Crippen molar-refractivity contribution in [2.45, 2.75) is 6.04 Å². The lowest BCUT2D eigenvalue weighted by Crippen LogP contribution is -2.56. The summed E-state index contributed by atoms with van der Waals surface area (Å²) in [7, 11) is 0. The molecular weight excluding hydrogens is 379 g/mol. The van der Waals surface area contributed by atoms with E-state index in [1.807, 2.05) is 6.07 Å². The summed E-state index contributed by atoms with van der Waals surface area (Å²) in [5.41, 5.74) is 1.30. The quantitative estimate of drug-likeness (QED) is 0.651. The Bertz CT molecular complexity index is 1020. The minimum Gasteiger partial charge on any atom is -0.298 e. The van der Waals surface area contributed by atoms with Crippen LogP contribution in [0.25, 0.3) is 0 Å². The lowest BCUT2D eigenvalue weighted by atomic mass is 9.99. The Morgan fingerprint density at radius 1 is 0.857 bits per heavy atom. The average molecular weight is 395 g/mol. The molecule has 1 fully saturated rings. The van der Waals surface area contributed by atoms with Gasteiger partial charge < -0.3 is 0 Å². The van der Waals surface area contributed by atoms with E-state index in [2.05, 4.69) is 0 Å². The van der Waals surface area contributed by atoms with E-state index in [1.165, 1.54) is 21.9 Å². The van der Waals surface area contributed by atoms with Crippen molar-refractivity contribution < 1.29 is 14.0 Å². The van der Waals surface area contributed by atoms with E-state index in [4.69, 9.17) is 11.6 Å². The van der Waals surface area contributed by atoms with Gasteiger partial charge in [0.1, 0.15) is 18.4 Å². The fourth-order valence-corrected chi connectivity index (χ4v) is 3.51. The van der Waals surface area contributed by atoms with Crippen LogP contribution in [0.5, 0.6) is 0 Å². The van der Waals surface area contributed by atoms with Gasteiger partial charge in [-0.05, 0) is 42.0 Å². The van der Waals surface area contributed by atoms with E-state index in [0.29, 0.717) is 16.3 Å². The Labute approximate surface area is 166 Å². The van der Waals surface area contributed by atoms with Gasteiger partial charge in [-0.1, -0.05) is 54.1 Å². The van der Waals surface area contributed by atoms with Crippen molar-refractivity contribution in [3.05, 3.63) is 95.3 Å². The second kappa shape index (κ2) is 7.44. The van der Waals surface area contributed by atoms with Crippen molar-refractivity contribution in [3.8, 4) is 0 Å². The van der Waals surface area contributed by atoms with Crippen LogP contribution in [0.3, 0.4) is 0 Å². The highest BCUT2D eigenvalue weighted by Gasteiger charge is 2.42. The molecule has 0 radical (unpaired) electrons. The minimum atomic E-state index is -0.900. The van der Waals surface area contributed by atoms with Crippen molar-refractivity contribution in [1.29, 1.82) is 0 Å². The maximum absolute atomic E-state index is 14.3. The molecule has 6 heteroatoms. The first-order valence-electron chi connectivity index (χ1n) is 8.75. The van der Waals surface area contributed by atoms with Gasteiger partial charge in [-0.2, -0.15) is 0 Å². The van der Waals surface area contributed by atoms with Crippen LogP contribution in [-0.4, -0.2) is 18.4 Å². The zero-order chi connectivity index (χ0) is 19.7. The van der Waals surface area contributed by atoms with Gasteiger partial charge in [-0.15, -0.1) is 0 Å². The first-order valence-corrected chi connectivity index (χ1v) is 9.12. The predicted octanol–water partition coefficient (Wildman–Crippen LogP) is 4.60. The number of hydrogen-bond acceptors (Lipinski definition) is 2. The van der Waals surface area contributed by atoms with Crippen molar-refractivity contribution in [1.82, 2.24) is 0 Å². The summed E-state index contributed by atoms with van der Waals surface area (Å²) in [6.45, 7) is -0.244. The number of nitrogens with zero attached hydrogens (tertiary/aromatic N) is 2. The van der Waals surface area contributed by atoms with Crippen LogP contribution in [0.4, 0.5) is 15.8 Å². The molecule has 0 bridgehead atoms. The summed E-state index contributed by atoms with van der Waals surface area (Å²) in [6.07, 6.45) is 0. The minimum absolute atomic E-state index is 0.0949. The number of benzene rings is 3. The van der Waals surface area contributed by atoms with Crippen LogP contribution < -0.4 is 9.80 Å². The summed E-state index contributed by atoms with van der Waals surface area (Å²) < 4.78 is 14.3. The zero-order valence-corrected chi connectivity index (χ0v) is 15.5. The van der Waals surface area contributed by atoms with Gasteiger partial charge in [0, 0.05) is 10.7 Å². The van der Waals surface area contributed by atoms with E-state index in [9.17, 15) is 14.0 Å². The van der Waals surface area contributed by atoms with Crippen LogP contribution in [0, 0.1) is 5.82 Å². The summed E-state index contributed by atoms with van der Waals surface area (Å²) >= 11 is 5.97. The highest BCUT2D eigenvalue weighted by Crippen LogP contribution is 2.35. The van der Waals surface area contributed by atoms with Crippen molar-refractivity contribution in [2.75, 3.05) is 16.3 Å². The second-order valence-electron chi connectivity index (χ2n) is 6.43. The molecule has 0 spiro atoms. The number of anilines is 2. The summed E-state index contributed by atoms with van der Waals surface area (Å²) in [6, 6.07) is 20.8. The third-order valence-electron chi connectivity index (χ3n) is 4.68. The van der Waals surface area contributed by atoms with Crippen LogP contribution in [0.2, 0.25) is 5.02 Å². The molecule has 1 saturated heterocycles. The standard InChI is InChI=1S/C22H16ClFN2O2/c23-16-10-12-17(13-11-16)26-20(27)14-25(19-9-5-4-8-18(19)24)22(28)21(26)15-6-2-1-3-7-15/h1-13,21H,14H2/t21-/m0/s1. The molecule has 2 amide bonds. The van der Waals surface area contributed by atoms with Crippen molar-refractivity contribution >= 4 is 34.8 Å². The molecule has 0 saturated carbocycles. The summed E-state index contributed by atoms with van der Waals surface area (Å²) in [4.78, 5) is 29.2. The lowest BCUT2D eigenvalue weighted by Gasteiger charge is -2.40. The fraction of sp³-hybridized carbons (Fsp3) is 0.0909. The van der Waals surface area contributed by atoms with Crippen LogP contribution in [-0.2, 0) is 9.59 Å². The maximum atomic E-state index is 14.3. The normalized spacial score (nSPS) is 17.1. The van der Waals surface area contributed by atoms with Gasteiger partial charge in [0.25, 0.3) is 5.91 Å². The number of carbonyl (C=O) groups excluding carboxylic acids is 2.